The zero-order valence-electron chi connectivity index (χ0n) is 19.9. The Morgan fingerprint density at radius 3 is 2.52 bits per heavy atom. The number of hydrogen-bond donors (Lipinski definition) is 3. The fourth-order valence-corrected chi connectivity index (χ4v) is 11.4. The first-order chi connectivity index (χ1) is 14.7. The first-order valence-corrected chi connectivity index (χ1v) is 13.9. The van der Waals surface area contributed by atoms with E-state index in [0.717, 1.165) is 31.3 Å². The predicted octanol–water partition coefficient (Wildman–Crippen LogP) is 6.42. The van der Waals surface area contributed by atoms with Gasteiger partial charge in [-0.2, -0.15) is 0 Å². The summed E-state index contributed by atoms with van der Waals surface area (Å²) in [7, 11) is -1.87. The monoisotopic (exact) mass is 445 g/mol. The molecule has 2 heterocycles. The van der Waals surface area contributed by atoms with Crippen molar-refractivity contribution in [1.82, 2.24) is 9.97 Å². The highest BCUT2D eigenvalue weighted by atomic mass is 28.4. The van der Waals surface area contributed by atoms with Crippen LogP contribution in [0.1, 0.15) is 77.6 Å². The van der Waals surface area contributed by atoms with Gasteiger partial charge < -0.3 is 19.8 Å². The molecule has 172 valence electrons. The normalized spacial score (nSPS) is 20.2. The third-order valence-corrected chi connectivity index (χ3v) is 13.3. The Labute approximate surface area is 187 Å². The van der Waals surface area contributed by atoms with Crippen LogP contribution in [0.4, 0.5) is 5.69 Å². The number of aromatic nitrogens is 2. The summed E-state index contributed by atoms with van der Waals surface area (Å²) in [5, 5.41) is 14.1. The number of rotatable bonds is 9. The molecule has 0 spiro atoms. The Morgan fingerprint density at radius 2 is 1.90 bits per heavy atom. The molecule has 2 atom stereocenters. The van der Waals surface area contributed by atoms with Crippen molar-refractivity contribution in [2.24, 2.45) is 5.92 Å². The van der Waals surface area contributed by atoms with Crippen LogP contribution in [0.25, 0.3) is 11.0 Å². The number of aromatic amines is 1. The maximum atomic E-state index is 11.8. The topological polar surface area (TPSA) is 87.2 Å². The van der Waals surface area contributed by atoms with E-state index in [1.165, 1.54) is 12.6 Å². The largest absolute Gasteiger partial charge is 0.478 e. The Bertz CT molecular complexity index is 872. The van der Waals surface area contributed by atoms with Gasteiger partial charge in [-0.3, -0.25) is 0 Å². The summed E-state index contributed by atoms with van der Waals surface area (Å²) in [6.07, 6.45) is 7.62. The molecule has 3 N–H and O–H groups in total. The lowest BCUT2D eigenvalue weighted by Crippen LogP contribution is -2.49. The molecule has 0 saturated heterocycles. The molecule has 7 heteroatoms. The third-order valence-electron chi connectivity index (χ3n) is 7.22. The maximum absolute atomic E-state index is 11.8. The molecule has 1 aliphatic rings. The molecule has 2 aromatic rings. The van der Waals surface area contributed by atoms with Crippen LogP contribution in [0.3, 0.4) is 0 Å². The number of nitrogens with zero attached hydrogens (tertiary/aromatic N) is 1. The summed E-state index contributed by atoms with van der Waals surface area (Å²) in [5.74, 6) is -0.443. The molecule has 2 aromatic heterocycles. The van der Waals surface area contributed by atoms with Gasteiger partial charge in [-0.05, 0) is 47.9 Å². The highest BCUT2D eigenvalue weighted by Crippen LogP contribution is 2.43. The number of aromatic carboxylic acids is 1. The summed E-state index contributed by atoms with van der Waals surface area (Å²) < 4.78 is 6.87. The SMILES string of the molecule is CC(C)[Si](OC[C@H]1CCC[C@@H](Nc2c(C(=O)O)cnc3[nH]ccc23)C1)(C(C)C)C(C)C. The van der Waals surface area contributed by atoms with Crippen molar-refractivity contribution >= 4 is 31.0 Å². The number of pyridine rings is 1. The minimum atomic E-state index is -1.87. The molecule has 0 aromatic carbocycles. The van der Waals surface area contributed by atoms with E-state index < -0.39 is 14.3 Å². The van der Waals surface area contributed by atoms with E-state index in [0.29, 0.717) is 33.9 Å². The molecular weight excluding hydrogens is 406 g/mol. The van der Waals surface area contributed by atoms with Crippen molar-refractivity contribution in [2.45, 2.75) is 89.9 Å². The average molecular weight is 446 g/mol. The van der Waals surface area contributed by atoms with E-state index in [4.69, 9.17) is 4.43 Å². The van der Waals surface area contributed by atoms with Crippen molar-refractivity contribution in [3.05, 3.63) is 24.0 Å². The number of anilines is 1. The summed E-state index contributed by atoms with van der Waals surface area (Å²) in [6.45, 7) is 14.8. The molecule has 0 unspecified atom stereocenters. The smallest absolute Gasteiger partial charge is 0.339 e. The lowest BCUT2D eigenvalue weighted by Gasteiger charge is -2.43. The van der Waals surface area contributed by atoms with Gasteiger partial charge in [0.2, 0.25) is 0 Å². The van der Waals surface area contributed by atoms with E-state index >= 15 is 0 Å². The lowest BCUT2D eigenvalue weighted by molar-refractivity contribution is 0.0697. The molecule has 0 amide bonds. The number of carboxylic acids is 1. The van der Waals surface area contributed by atoms with Crippen molar-refractivity contribution in [1.29, 1.82) is 0 Å². The molecule has 1 fully saturated rings. The van der Waals surface area contributed by atoms with Crippen molar-refractivity contribution in [2.75, 3.05) is 11.9 Å². The second-order valence-electron chi connectivity index (χ2n) is 10.1. The van der Waals surface area contributed by atoms with Gasteiger partial charge in [0.1, 0.15) is 11.2 Å². The molecule has 31 heavy (non-hydrogen) atoms. The van der Waals surface area contributed by atoms with Crippen LogP contribution in [0.15, 0.2) is 18.5 Å². The molecule has 6 nitrogen and oxygen atoms in total. The Kier molecular flexibility index (Phi) is 7.47. The van der Waals surface area contributed by atoms with Gasteiger partial charge in [0.05, 0.1) is 5.69 Å². The molecular formula is C24H39N3O3Si. The van der Waals surface area contributed by atoms with Crippen molar-refractivity contribution < 1.29 is 14.3 Å². The Balaban J connectivity index is 1.73. The van der Waals surface area contributed by atoms with Gasteiger partial charge in [-0.1, -0.05) is 48.0 Å². The molecule has 3 rings (SSSR count). The number of carbonyl (C=O) groups is 1. The second kappa shape index (κ2) is 9.73. The zero-order chi connectivity index (χ0) is 22.8. The molecule has 1 saturated carbocycles. The first kappa shape index (κ1) is 23.8. The van der Waals surface area contributed by atoms with Gasteiger partial charge in [0, 0.05) is 30.4 Å². The number of nitrogens with one attached hydrogen (secondary N) is 2. The van der Waals surface area contributed by atoms with E-state index in [9.17, 15) is 9.90 Å². The standard InChI is InChI=1S/C24H39N3O3Si/c1-15(2)31(16(3)4,17(5)6)30-14-18-8-7-9-19(12-18)27-22-20-10-11-25-23(20)26-13-21(22)24(28)29/h10-11,13,15-19H,7-9,12,14H2,1-6H3,(H,28,29)(H2,25,26,27)/t18-,19+/m0/s1. The summed E-state index contributed by atoms with van der Waals surface area (Å²) in [4.78, 5) is 19.1. The van der Waals surface area contributed by atoms with E-state index in [1.54, 1.807) is 6.20 Å². The number of fused-ring (bicyclic) bond motifs is 1. The fourth-order valence-electron chi connectivity index (χ4n) is 5.87. The van der Waals surface area contributed by atoms with Crippen LogP contribution in [0.5, 0.6) is 0 Å². The molecule has 0 aliphatic heterocycles. The predicted molar refractivity (Wildman–Crippen MR) is 129 cm³/mol. The van der Waals surface area contributed by atoms with E-state index in [2.05, 4.69) is 56.8 Å². The van der Waals surface area contributed by atoms with Crippen LogP contribution in [-0.2, 0) is 4.43 Å². The number of H-pyrrole nitrogens is 1. The summed E-state index contributed by atoms with van der Waals surface area (Å²) >= 11 is 0. The Morgan fingerprint density at radius 1 is 1.23 bits per heavy atom. The summed E-state index contributed by atoms with van der Waals surface area (Å²) in [5.41, 5.74) is 3.38. The van der Waals surface area contributed by atoms with Crippen molar-refractivity contribution in [3.63, 3.8) is 0 Å². The van der Waals surface area contributed by atoms with Gasteiger partial charge in [0.15, 0.2) is 8.32 Å². The number of carboxylic acid groups (broad SMARTS) is 1. The Hall–Kier alpha value is -1.86. The quantitative estimate of drug-likeness (QED) is 0.387. The van der Waals surface area contributed by atoms with Crippen LogP contribution in [-0.4, -0.2) is 42.0 Å². The second-order valence-corrected chi connectivity index (χ2v) is 15.6. The molecule has 1 aliphatic carbocycles. The molecule has 0 bridgehead atoms. The van der Waals surface area contributed by atoms with Gasteiger partial charge in [0.25, 0.3) is 0 Å². The fraction of sp³-hybridized carbons (Fsp3) is 0.667. The van der Waals surface area contributed by atoms with Crippen LogP contribution < -0.4 is 5.32 Å². The first-order valence-electron chi connectivity index (χ1n) is 11.8. The van der Waals surface area contributed by atoms with Crippen LogP contribution in [0, 0.1) is 5.92 Å². The molecule has 0 radical (unpaired) electrons. The lowest BCUT2D eigenvalue weighted by atomic mass is 9.86. The maximum Gasteiger partial charge on any atom is 0.339 e. The average Bonchev–Trinajstić information content (AvgIpc) is 3.17. The highest BCUT2D eigenvalue weighted by Gasteiger charge is 2.45. The summed E-state index contributed by atoms with van der Waals surface area (Å²) in [6, 6.07) is 2.14. The highest BCUT2D eigenvalue weighted by molar-refractivity contribution is 6.77. The van der Waals surface area contributed by atoms with E-state index in [-0.39, 0.29) is 11.6 Å². The van der Waals surface area contributed by atoms with Crippen molar-refractivity contribution in [3.8, 4) is 0 Å². The zero-order valence-corrected chi connectivity index (χ0v) is 20.9. The van der Waals surface area contributed by atoms with Gasteiger partial charge in [-0.25, -0.2) is 9.78 Å². The van der Waals surface area contributed by atoms with E-state index in [1.807, 2.05) is 6.07 Å². The van der Waals surface area contributed by atoms with Crippen LogP contribution in [0.2, 0.25) is 16.6 Å². The van der Waals surface area contributed by atoms with Gasteiger partial charge in [-0.15, -0.1) is 0 Å². The minimum absolute atomic E-state index is 0.233. The minimum Gasteiger partial charge on any atom is -0.478 e. The number of hydrogen-bond acceptors (Lipinski definition) is 4. The third kappa shape index (κ3) is 4.82. The van der Waals surface area contributed by atoms with Crippen LogP contribution >= 0.6 is 0 Å². The van der Waals surface area contributed by atoms with Gasteiger partial charge >= 0.3 is 5.97 Å².